The van der Waals surface area contributed by atoms with E-state index >= 15 is 0 Å². The zero-order valence-electron chi connectivity index (χ0n) is 18.7. The number of aliphatic carboxylic acids is 1. The average molecular weight is 494 g/mol. The van der Waals surface area contributed by atoms with Gasteiger partial charge in [0.05, 0.1) is 19.8 Å². The minimum atomic E-state index is -1.12. The van der Waals surface area contributed by atoms with Gasteiger partial charge in [-0.3, -0.25) is 4.79 Å². The van der Waals surface area contributed by atoms with Crippen LogP contribution in [0, 0.1) is 0 Å². The first-order valence-corrected chi connectivity index (χ1v) is 12.1. The van der Waals surface area contributed by atoms with Gasteiger partial charge in [-0.1, -0.05) is 48.5 Å². The van der Waals surface area contributed by atoms with Crippen LogP contribution < -0.4 is 5.32 Å². The number of carbonyl (C=O) groups is 3. The number of carboxylic acid groups (broad SMARTS) is 1. The first-order chi connectivity index (χ1) is 17.0. The number of alkyl carbamates (subject to hydrolysis) is 1. The number of carbonyl (C=O) groups excluding carboxylic acids is 2. The van der Waals surface area contributed by atoms with Gasteiger partial charge in [-0.25, -0.2) is 14.6 Å². The molecule has 0 radical (unpaired) electrons. The third kappa shape index (κ3) is 4.62. The Kier molecular flexibility index (Phi) is 6.47. The van der Waals surface area contributed by atoms with Gasteiger partial charge in [-0.2, -0.15) is 0 Å². The van der Waals surface area contributed by atoms with Gasteiger partial charge in [-0.05, 0) is 22.3 Å². The number of carboxylic acids is 1. The van der Waals surface area contributed by atoms with Crippen LogP contribution in [-0.4, -0.2) is 65.4 Å². The lowest BCUT2D eigenvalue weighted by molar-refractivity contribution is -0.147. The van der Waals surface area contributed by atoms with Crippen LogP contribution in [0.4, 0.5) is 4.79 Å². The topological polar surface area (TPSA) is 118 Å². The van der Waals surface area contributed by atoms with Crippen LogP contribution in [0.2, 0.25) is 0 Å². The van der Waals surface area contributed by atoms with Gasteiger partial charge < -0.3 is 24.8 Å². The van der Waals surface area contributed by atoms with Crippen LogP contribution in [0.1, 0.15) is 32.5 Å². The lowest BCUT2D eigenvalue weighted by Crippen LogP contribution is -2.52. The highest BCUT2D eigenvalue weighted by Gasteiger charge is 2.34. The fraction of sp³-hybridized carbons (Fsp3) is 0.280. The zero-order chi connectivity index (χ0) is 24.4. The Morgan fingerprint density at radius 2 is 1.80 bits per heavy atom. The van der Waals surface area contributed by atoms with Crippen molar-refractivity contribution in [2.24, 2.45) is 0 Å². The van der Waals surface area contributed by atoms with E-state index in [-0.39, 0.29) is 44.5 Å². The molecular formula is C25H23N3O6S. The molecule has 1 fully saturated rings. The highest BCUT2D eigenvalue weighted by atomic mass is 32.1. The van der Waals surface area contributed by atoms with Crippen molar-refractivity contribution in [3.8, 4) is 11.1 Å². The summed E-state index contributed by atoms with van der Waals surface area (Å²) < 4.78 is 10.7. The number of nitrogens with one attached hydrogen (secondary N) is 1. The van der Waals surface area contributed by atoms with Crippen LogP contribution in [0.5, 0.6) is 0 Å². The molecule has 1 saturated heterocycles. The fourth-order valence-electron chi connectivity index (χ4n) is 4.49. The molecular weight excluding hydrogens is 470 g/mol. The highest BCUT2D eigenvalue weighted by Crippen LogP contribution is 2.44. The number of ether oxygens (including phenoxy) is 2. The van der Waals surface area contributed by atoms with Crippen molar-refractivity contribution in [2.75, 3.05) is 26.4 Å². The number of morpholine rings is 1. The van der Waals surface area contributed by atoms with E-state index in [0.29, 0.717) is 5.01 Å². The molecule has 10 heteroatoms. The van der Waals surface area contributed by atoms with Crippen LogP contribution in [0.3, 0.4) is 0 Å². The maximum absolute atomic E-state index is 12.8. The third-order valence-corrected chi connectivity index (χ3v) is 7.02. The van der Waals surface area contributed by atoms with Crippen LogP contribution >= 0.6 is 11.3 Å². The number of rotatable bonds is 6. The molecule has 2 aromatic carbocycles. The second-order valence-electron chi connectivity index (χ2n) is 8.23. The van der Waals surface area contributed by atoms with Crippen molar-refractivity contribution >= 4 is 29.3 Å². The Labute approximate surface area is 205 Å². The lowest BCUT2D eigenvalue weighted by atomic mass is 9.98. The minimum absolute atomic E-state index is 0.0343. The molecule has 5 rings (SSSR count). The van der Waals surface area contributed by atoms with Gasteiger partial charge in [0.2, 0.25) is 0 Å². The third-order valence-electron chi connectivity index (χ3n) is 6.17. The van der Waals surface area contributed by atoms with E-state index in [1.807, 2.05) is 24.3 Å². The number of fused-ring (bicyclic) bond motifs is 3. The van der Waals surface area contributed by atoms with E-state index in [4.69, 9.17) is 9.47 Å². The van der Waals surface area contributed by atoms with Crippen LogP contribution in [-0.2, 0) is 20.8 Å². The molecule has 1 unspecified atom stereocenters. The molecule has 2 amide bonds. The zero-order valence-corrected chi connectivity index (χ0v) is 19.5. The largest absolute Gasteiger partial charge is 0.480 e. The summed E-state index contributed by atoms with van der Waals surface area (Å²) in [6.45, 7) is 0.701. The van der Waals surface area contributed by atoms with Crippen LogP contribution in [0.15, 0.2) is 53.9 Å². The van der Waals surface area contributed by atoms with E-state index in [0.717, 1.165) is 22.3 Å². The summed E-state index contributed by atoms with van der Waals surface area (Å²) >= 11 is 1.21. The summed E-state index contributed by atoms with van der Waals surface area (Å²) in [6.07, 6.45) is -0.575. The Hall–Kier alpha value is -3.76. The van der Waals surface area contributed by atoms with Gasteiger partial charge in [0.1, 0.15) is 17.3 Å². The smallest absolute Gasteiger partial charge is 0.407 e. The van der Waals surface area contributed by atoms with Gasteiger partial charge in [0.15, 0.2) is 6.04 Å². The molecule has 0 spiro atoms. The van der Waals surface area contributed by atoms with Crippen molar-refractivity contribution < 1.29 is 29.0 Å². The Morgan fingerprint density at radius 3 is 2.49 bits per heavy atom. The van der Waals surface area contributed by atoms with Crippen molar-refractivity contribution in [3.05, 3.63) is 75.7 Å². The number of aromatic nitrogens is 1. The van der Waals surface area contributed by atoms with Crippen molar-refractivity contribution in [3.63, 3.8) is 0 Å². The van der Waals surface area contributed by atoms with Gasteiger partial charge in [-0.15, -0.1) is 11.3 Å². The summed E-state index contributed by atoms with van der Waals surface area (Å²) in [5.74, 6) is -1.62. The number of hydrogen-bond donors (Lipinski definition) is 2. The Balaban J connectivity index is 1.17. The molecule has 35 heavy (non-hydrogen) atoms. The number of thiazole rings is 1. The maximum atomic E-state index is 12.8. The second kappa shape index (κ2) is 9.85. The average Bonchev–Trinajstić information content (AvgIpc) is 3.49. The van der Waals surface area contributed by atoms with E-state index in [1.54, 1.807) is 5.38 Å². The number of nitrogens with zero attached hydrogens (tertiary/aromatic N) is 2. The summed E-state index contributed by atoms with van der Waals surface area (Å²) in [5.41, 5.74) is 4.72. The molecule has 2 heterocycles. The summed E-state index contributed by atoms with van der Waals surface area (Å²) in [7, 11) is 0. The molecule has 2 aliphatic rings. The minimum Gasteiger partial charge on any atom is -0.480 e. The molecule has 0 bridgehead atoms. The van der Waals surface area contributed by atoms with E-state index in [9.17, 15) is 19.5 Å². The van der Waals surface area contributed by atoms with E-state index in [2.05, 4.69) is 34.6 Å². The Bertz CT molecular complexity index is 1230. The monoisotopic (exact) mass is 493 g/mol. The molecule has 1 aliphatic carbocycles. The van der Waals surface area contributed by atoms with Crippen molar-refractivity contribution in [1.29, 1.82) is 0 Å². The van der Waals surface area contributed by atoms with Gasteiger partial charge >= 0.3 is 12.1 Å². The normalized spacial score (nSPS) is 16.9. The molecule has 9 nitrogen and oxygen atoms in total. The van der Waals surface area contributed by atoms with Crippen molar-refractivity contribution in [2.45, 2.75) is 18.5 Å². The predicted octanol–water partition coefficient (Wildman–Crippen LogP) is 3.11. The summed E-state index contributed by atoms with van der Waals surface area (Å²) in [5, 5.41) is 14.1. The summed E-state index contributed by atoms with van der Waals surface area (Å²) in [6, 6.07) is 15.2. The summed E-state index contributed by atoms with van der Waals surface area (Å²) in [4.78, 5) is 42.1. The standard InChI is InChI=1S/C25H23N3O6S/c29-23(28-9-10-33-13-21(28)24(30)31)20-14-35-22(27-20)11-26-25(32)34-12-19-17-7-3-1-5-15(17)16-6-2-4-8-18(16)19/h1-8,14,19,21H,9-13H2,(H,26,32)(H,30,31). The van der Waals surface area contributed by atoms with Crippen LogP contribution in [0.25, 0.3) is 11.1 Å². The van der Waals surface area contributed by atoms with E-state index in [1.165, 1.54) is 16.2 Å². The molecule has 1 atom stereocenters. The molecule has 180 valence electrons. The van der Waals surface area contributed by atoms with E-state index < -0.39 is 24.0 Å². The SMILES string of the molecule is O=C(NCc1nc(C(=O)N2CCOCC2C(=O)O)cs1)OCC1c2ccccc2-c2ccccc21. The number of hydrogen-bond acceptors (Lipinski definition) is 7. The van der Waals surface area contributed by atoms with Gasteiger partial charge in [0.25, 0.3) is 5.91 Å². The molecule has 0 saturated carbocycles. The number of benzene rings is 2. The highest BCUT2D eigenvalue weighted by molar-refractivity contribution is 7.09. The molecule has 3 aromatic rings. The predicted molar refractivity (Wildman–Crippen MR) is 127 cm³/mol. The fourth-order valence-corrected chi connectivity index (χ4v) is 5.19. The maximum Gasteiger partial charge on any atom is 0.407 e. The lowest BCUT2D eigenvalue weighted by Gasteiger charge is -2.32. The first kappa shape index (κ1) is 23.0. The molecule has 1 aliphatic heterocycles. The quantitative estimate of drug-likeness (QED) is 0.542. The molecule has 1 aromatic heterocycles. The number of amides is 2. The Morgan fingerprint density at radius 1 is 1.11 bits per heavy atom. The first-order valence-electron chi connectivity index (χ1n) is 11.2. The second-order valence-corrected chi connectivity index (χ2v) is 9.18. The molecule has 2 N–H and O–H groups in total. The van der Waals surface area contributed by atoms with Crippen molar-refractivity contribution in [1.82, 2.24) is 15.2 Å². The van der Waals surface area contributed by atoms with Gasteiger partial charge in [0, 0.05) is 17.8 Å².